The van der Waals surface area contributed by atoms with Crippen LogP contribution in [0.25, 0.3) is 0 Å². The quantitative estimate of drug-likeness (QED) is 0.342. The molecule has 2 aromatic rings. The van der Waals surface area contributed by atoms with Crippen molar-refractivity contribution in [2.45, 2.75) is 12.6 Å². The largest absolute Gasteiger partial charge is 0.491 e. The van der Waals surface area contributed by atoms with E-state index in [1.165, 1.54) is 10.4 Å². The summed E-state index contributed by atoms with van der Waals surface area (Å²) >= 11 is 1.80. The van der Waals surface area contributed by atoms with Crippen LogP contribution in [0.4, 0.5) is 0 Å². The number of hydrogen-bond acceptors (Lipinski definition) is 6. The highest BCUT2D eigenvalue weighted by atomic mass is 32.1. The molecular weight excluding hydrogens is 400 g/mol. The van der Waals surface area contributed by atoms with E-state index in [1.807, 2.05) is 12.1 Å². The van der Waals surface area contributed by atoms with E-state index in [0.717, 1.165) is 44.6 Å². The summed E-state index contributed by atoms with van der Waals surface area (Å²) in [5.41, 5.74) is 1.17. The lowest BCUT2D eigenvalue weighted by atomic mass is 10.2. The van der Waals surface area contributed by atoms with E-state index < -0.39 is 0 Å². The molecule has 0 bridgehead atoms. The van der Waals surface area contributed by atoms with E-state index in [1.54, 1.807) is 25.5 Å². The lowest BCUT2D eigenvalue weighted by Crippen LogP contribution is -2.46. The number of aliphatic imine (C=N–C) groups is 1. The Bertz CT molecular complexity index is 746. The second kappa shape index (κ2) is 12.5. The van der Waals surface area contributed by atoms with Crippen LogP contribution < -0.4 is 15.4 Å². The number of methoxy groups -OCH3 is 1. The van der Waals surface area contributed by atoms with Crippen LogP contribution in [0.2, 0.25) is 0 Å². The Balaban J connectivity index is 1.49. The van der Waals surface area contributed by atoms with Crippen molar-refractivity contribution in [2.24, 2.45) is 4.99 Å². The van der Waals surface area contributed by atoms with E-state index in [0.29, 0.717) is 25.8 Å². The number of hydrogen-bond donors (Lipinski definition) is 2. The molecule has 1 saturated heterocycles. The van der Waals surface area contributed by atoms with Gasteiger partial charge in [-0.2, -0.15) is 0 Å². The molecule has 1 aliphatic heterocycles. The van der Waals surface area contributed by atoms with Gasteiger partial charge in [0.2, 0.25) is 0 Å². The summed E-state index contributed by atoms with van der Waals surface area (Å²) < 4.78 is 16.1. The fourth-order valence-corrected chi connectivity index (χ4v) is 4.19. The monoisotopic (exact) mass is 432 g/mol. The minimum absolute atomic E-state index is 0.316. The first-order chi connectivity index (χ1) is 14.8. The second-order valence-corrected chi connectivity index (χ2v) is 7.95. The minimum Gasteiger partial charge on any atom is -0.491 e. The molecule has 2 heterocycles. The molecule has 0 spiro atoms. The molecule has 1 atom stereocenters. The van der Waals surface area contributed by atoms with Crippen LogP contribution in [0, 0.1) is 0 Å². The fourth-order valence-electron chi connectivity index (χ4n) is 3.33. The zero-order chi connectivity index (χ0) is 21.0. The lowest BCUT2D eigenvalue weighted by Gasteiger charge is -2.34. The van der Waals surface area contributed by atoms with Gasteiger partial charge in [-0.3, -0.25) is 9.89 Å². The van der Waals surface area contributed by atoms with Gasteiger partial charge in [-0.05, 0) is 29.1 Å². The summed E-state index contributed by atoms with van der Waals surface area (Å²) in [6.07, 6.45) is 0. The highest BCUT2D eigenvalue weighted by Crippen LogP contribution is 2.25. The minimum atomic E-state index is 0.316. The standard InChI is InChI=1S/C22H32N4O3S/c1-23-22(24-16-18-5-7-19(8-6-18)29-14-13-27-2)25-17-20(21-4-3-15-30-21)26-9-11-28-12-10-26/h3-8,15,20H,9-14,16-17H2,1-2H3,(H2,23,24,25). The van der Waals surface area contributed by atoms with Crippen molar-refractivity contribution in [3.63, 3.8) is 0 Å². The molecule has 8 heteroatoms. The number of benzene rings is 1. The molecule has 0 aliphatic carbocycles. The van der Waals surface area contributed by atoms with Crippen LogP contribution >= 0.6 is 11.3 Å². The molecule has 1 unspecified atom stereocenters. The van der Waals surface area contributed by atoms with E-state index in [2.05, 4.69) is 50.2 Å². The average molecular weight is 433 g/mol. The average Bonchev–Trinajstić information content (AvgIpc) is 3.32. The number of thiophene rings is 1. The van der Waals surface area contributed by atoms with Crippen molar-refractivity contribution >= 4 is 17.3 Å². The molecule has 7 nitrogen and oxygen atoms in total. The van der Waals surface area contributed by atoms with Crippen LogP contribution in [-0.2, 0) is 16.0 Å². The molecule has 3 rings (SSSR count). The Kier molecular flexibility index (Phi) is 9.43. The van der Waals surface area contributed by atoms with Crippen molar-refractivity contribution in [3.8, 4) is 5.75 Å². The van der Waals surface area contributed by atoms with E-state index in [4.69, 9.17) is 14.2 Å². The second-order valence-electron chi connectivity index (χ2n) is 6.97. The molecule has 0 saturated carbocycles. The first-order valence-corrected chi connectivity index (χ1v) is 11.2. The molecule has 2 N–H and O–H groups in total. The van der Waals surface area contributed by atoms with Crippen LogP contribution in [0.3, 0.4) is 0 Å². The van der Waals surface area contributed by atoms with E-state index >= 15 is 0 Å². The van der Waals surface area contributed by atoms with Crippen molar-refractivity contribution in [1.82, 2.24) is 15.5 Å². The smallest absolute Gasteiger partial charge is 0.191 e. The van der Waals surface area contributed by atoms with Crippen molar-refractivity contribution < 1.29 is 14.2 Å². The number of nitrogens with one attached hydrogen (secondary N) is 2. The van der Waals surface area contributed by atoms with Gasteiger partial charge in [0, 0.05) is 45.2 Å². The van der Waals surface area contributed by atoms with Crippen LogP contribution in [0.5, 0.6) is 5.75 Å². The van der Waals surface area contributed by atoms with Crippen LogP contribution in [-0.4, -0.2) is 71.1 Å². The maximum atomic E-state index is 5.61. The van der Waals surface area contributed by atoms with Gasteiger partial charge in [0.05, 0.1) is 25.9 Å². The zero-order valence-electron chi connectivity index (χ0n) is 17.8. The maximum Gasteiger partial charge on any atom is 0.191 e. The topological polar surface area (TPSA) is 67.4 Å². The summed E-state index contributed by atoms with van der Waals surface area (Å²) in [4.78, 5) is 8.23. The van der Waals surface area contributed by atoms with Gasteiger partial charge < -0.3 is 24.8 Å². The molecule has 30 heavy (non-hydrogen) atoms. The fraction of sp³-hybridized carbons (Fsp3) is 0.500. The number of morpholine rings is 1. The lowest BCUT2D eigenvalue weighted by molar-refractivity contribution is 0.0177. The van der Waals surface area contributed by atoms with Gasteiger partial charge in [0.25, 0.3) is 0 Å². The van der Waals surface area contributed by atoms with Crippen LogP contribution in [0.15, 0.2) is 46.8 Å². The number of ether oxygens (including phenoxy) is 3. The van der Waals surface area contributed by atoms with Gasteiger partial charge in [-0.15, -0.1) is 11.3 Å². The van der Waals surface area contributed by atoms with E-state index in [9.17, 15) is 0 Å². The summed E-state index contributed by atoms with van der Waals surface area (Å²) in [6.45, 7) is 6.12. The predicted molar refractivity (Wildman–Crippen MR) is 121 cm³/mol. The highest BCUT2D eigenvalue weighted by Gasteiger charge is 2.23. The molecule has 1 aliphatic rings. The highest BCUT2D eigenvalue weighted by molar-refractivity contribution is 7.10. The molecular formula is C22H32N4O3S. The third-order valence-corrected chi connectivity index (χ3v) is 5.96. The zero-order valence-corrected chi connectivity index (χ0v) is 18.6. The van der Waals surface area contributed by atoms with Crippen molar-refractivity contribution in [1.29, 1.82) is 0 Å². The summed E-state index contributed by atoms with van der Waals surface area (Å²) in [5.74, 6) is 1.65. The van der Waals surface area contributed by atoms with Gasteiger partial charge in [-0.25, -0.2) is 0 Å². The molecule has 1 aromatic heterocycles. The molecule has 1 aromatic carbocycles. The van der Waals surface area contributed by atoms with Crippen LogP contribution in [0.1, 0.15) is 16.5 Å². The van der Waals surface area contributed by atoms with Gasteiger partial charge in [-0.1, -0.05) is 18.2 Å². The van der Waals surface area contributed by atoms with Gasteiger partial charge >= 0.3 is 0 Å². The summed E-state index contributed by atoms with van der Waals surface area (Å²) in [5, 5.41) is 9.03. The van der Waals surface area contributed by atoms with Gasteiger partial charge in [0.15, 0.2) is 5.96 Å². The Labute approximate surface area is 183 Å². The Hall–Kier alpha value is -2.13. The Morgan fingerprint density at radius 1 is 1.17 bits per heavy atom. The molecule has 0 radical (unpaired) electrons. The SMILES string of the molecule is CN=C(NCc1ccc(OCCOC)cc1)NCC(c1cccs1)N1CCOCC1. The van der Waals surface area contributed by atoms with Crippen molar-refractivity contribution in [2.75, 3.05) is 60.2 Å². The number of guanidine groups is 1. The van der Waals surface area contributed by atoms with E-state index in [-0.39, 0.29) is 0 Å². The molecule has 1 fully saturated rings. The third-order valence-electron chi connectivity index (χ3n) is 4.98. The first kappa shape index (κ1) is 22.6. The van der Waals surface area contributed by atoms with Gasteiger partial charge in [0.1, 0.15) is 12.4 Å². The van der Waals surface area contributed by atoms with Crippen molar-refractivity contribution in [3.05, 3.63) is 52.2 Å². The maximum absolute atomic E-state index is 5.61. The first-order valence-electron chi connectivity index (χ1n) is 10.3. The number of nitrogens with zero attached hydrogens (tertiary/aromatic N) is 2. The Morgan fingerprint density at radius 3 is 2.63 bits per heavy atom. The molecule has 164 valence electrons. The normalized spacial score (nSPS) is 16.3. The predicted octanol–water partition coefficient (Wildman–Crippen LogP) is 2.51. The molecule has 0 amide bonds. The summed E-state index contributed by atoms with van der Waals surface area (Å²) in [7, 11) is 3.47. The third kappa shape index (κ3) is 6.98. The number of rotatable bonds is 10. The Morgan fingerprint density at radius 2 is 1.97 bits per heavy atom. The summed E-state index contributed by atoms with van der Waals surface area (Å²) in [6, 6.07) is 12.7.